The molecule has 1 aliphatic rings. The van der Waals surface area contributed by atoms with Gasteiger partial charge in [-0.05, 0) is 22.0 Å². The lowest BCUT2D eigenvalue weighted by Crippen LogP contribution is -2.50. The van der Waals surface area contributed by atoms with Gasteiger partial charge in [-0.1, -0.05) is 23.7 Å². The number of rotatable bonds is 3. The second kappa shape index (κ2) is 6.68. The Hall–Kier alpha value is -0.920. The number of fused-ring (bicyclic) bond motifs is 1. The number of benzene rings is 1. The van der Waals surface area contributed by atoms with Crippen molar-refractivity contribution in [3.63, 3.8) is 0 Å². The number of hydrogen-bond donors (Lipinski definition) is 2. The van der Waals surface area contributed by atoms with Gasteiger partial charge in [0.2, 0.25) is 0 Å². The molecule has 0 aliphatic carbocycles. The van der Waals surface area contributed by atoms with E-state index in [1.807, 2.05) is 23.1 Å². The topological polar surface area (TPSA) is 65.8 Å². The molecule has 2 heterocycles. The Bertz CT molecular complexity index is 673. The lowest BCUT2D eigenvalue weighted by atomic mass is 10.1. The number of morpholine rings is 1. The number of aliphatic hydroxyl groups is 2. The highest BCUT2D eigenvalue weighted by Gasteiger charge is 2.29. The van der Waals surface area contributed by atoms with Crippen LogP contribution in [0.15, 0.2) is 28.9 Å². The highest BCUT2D eigenvalue weighted by molar-refractivity contribution is 9.10. The van der Waals surface area contributed by atoms with Crippen LogP contribution in [0.2, 0.25) is 5.02 Å². The Morgan fingerprint density at radius 3 is 2.59 bits per heavy atom. The fraction of sp³-hybridized carbons (Fsp3) is 0.400. The van der Waals surface area contributed by atoms with Crippen molar-refractivity contribution >= 4 is 44.1 Å². The summed E-state index contributed by atoms with van der Waals surface area (Å²) in [7, 11) is 0. The van der Waals surface area contributed by atoms with Crippen molar-refractivity contribution in [1.29, 1.82) is 0 Å². The molecule has 22 heavy (non-hydrogen) atoms. The minimum atomic E-state index is -0.350. The predicted molar refractivity (Wildman–Crippen MR) is 89.5 cm³/mol. The average molecular weight is 388 g/mol. The molecule has 0 unspecified atom stereocenters. The summed E-state index contributed by atoms with van der Waals surface area (Å²) in [5.74, 6) is 0. The third-order valence-electron chi connectivity index (χ3n) is 3.73. The summed E-state index contributed by atoms with van der Waals surface area (Å²) >= 11 is 9.89. The van der Waals surface area contributed by atoms with E-state index in [0.29, 0.717) is 18.1 Å². The van der Waals surface area contributed by atoms with Crippen molar-refractivity contribution in [3.05, 3.63) is 33.9 Å². The van der Waals surface area contributed by atoms with Crippen LogP contribution in [0, 0.1) is 0 Å². The van der Waals surface area contributed by atoms with E-state index in [9.17, 15) is 10.2 Å². The Morgan fingerprint density at radius 1 is 1.27 bits per heavy atom. The molecule has 1 aromatic carbocycles. The van der Waals surface area contributed by atoms with Crippen LogP contribution in [0.3, 0.4) is 0 Å². The summed E-state index contributed by atoms with van der Waals surface area (Å²) in [6.07, 6.45) is 0.927. The van der Waals surface area contributed by atoms with Gasteiger partial charge in [0.15, 0.2) is 0 Å². The van der Waals surface area contributed by atoms with Crippen molar-refractivity contribution < 1.29 is 14.9 Å². The summed E-state index contributed by atoms with van der Waals surface area (Å²) in [4.78, 5) is 6.42. The zero-order valence-corrected chi connectivity index (χ0v) is 14.1. The van der Waals surface area contributed by atoms with Gasteiger partial charge in [0.25, 0.3) is 0 Å². The Kier molecular flexibility index (Phi) is 4.84. The second-order valence-electron chi connectivity index (χ2n) is 5.24. The zero-order valence-electron chi connectivity index (χ0n) is 11.7. The SMILES string of the molecule is OC[C@@H]1CN(c2c(Cl)cnc3c(Br)cccc23)C[C@@H](CO)O1. The van der Waals surface area contributed by atoms with Crippen LogP contribution in [0.25, 0.3) is 10.9 Å². The molecule has 7 heteroatoms. The van der Waals surface area contributed by atoms with Crippen LogP contribution in [-0.4, -0.2) is 53.7 Å². The number of aromatic nitrogens is 1. The minimum absolute atomic E-state index is 0.0999. The highest BCUT2D eigenvalue weighted by Crippen LogP contribution is 2.36. The van der Waals surface area contributed by atoms with Crippen LogP contribution in [-0.2, 0) is 4.74 Å². The Morgan fingerprint density at radius 2 is 1.95 bits per heavy atom. The largest absolute Gasteiger partial charge is 0.394 e. The minimum Gasteiger partial charge on any atom is -0.394 e. The van der Waals surface area contributed by atoms with Gasteiger partial charge < -0.3 is 19.8 Å². The molecule has 1 fully saturated rings. The van der Waals surface area contributed by atoms with Gasteiger partial charge in [0.05, 0.1) is 41.6 Å². The zero-order chi connectivity index (χ0) is 15.7. The van der Waals surface area contributed by atoms with Gasteiger partial charge in [-0.3, -0.25) is 4.98 Å². The van der Waals surface area contributed by atoms with Gasteiger partial charge >= 0.3 is 0 Å². The molecule has 1 saturated heterocycles. The van der Waals surface area contributed by atoms with E-state index in [1.165, 1.54) is 0 Å². The second-order valence-corrected chi connectivity index (χ2v) is 6.50. The first-order valence-electron chi connectivity index (χ1n) is 6.99. The molecule has 0 saturated carbocycles. The van der Waals surface area contributed by atoms with Gasteiger partial charge in [0.1, 0.15) is 0 Å². The lowest BCUT2D eigenvalue weighted by Gasteiger charge is -2.39. The van der Waals surface area contributed by atoms with Crippen LogP contribution in [0.5, 0.6) is 0 Å². The standard InChI is InChI=1S/C15H16BrClN2O3/c16-12-3-1-2-11-14(12)18-4-13(17)15(11)19-5-9(7-20)22-10(6-19)8-21/h1-4,9-10,20-21H,5-8H2/t9-,10-/m0/s1. The number of para-hydroxylation sites is 1. The van der Waals surface area contributed by atoms with Gasteiger partial charge in [-0.2, -0.15) is 0 Å². The first kappa shape index (κ1) is 16.0. The summed E-state index contributed by atoms with van der Waals surface area (Å²) in [6, 6.07) is 5.83. The molecule has 0 bridgehead atoms. The van der Waals surface area contributed by atoms with E-state index in [0.717, 1.165) is 21.1 Å². The molecule has 5 nitrogen and oxygen atoms in total. The number of pyridine rings is 1. The fourth-order valence-corrected chi connectivity index (χ4v) is 3.52. The quantitative estimate of drug-likeness (QED) is 0.845. The van der Waals surface area contributed by atoms with Gasteiger partial charge in [-0.25, -0.2) is 0 Å². The number of halogens is 2. The maximum Gasteiger partial charge on any atom is 0.0985 e. The summed E-state index contributed by atoms with van der Waals surface area (Å²) in [6.45, 7) is 0.825. The predicted octanol–water partition coefficient (Wildman–Crippen LogP) is 2.21. The monoisotopic (exact) mass is 386 g/mol. The molecule has 0 spiro atoms. The van der Waals surface area contributed by atoms with Crippen molar-refractivity contribution in [2.24, 2.45) is 0 Å². The number of nitrogens with zero attached hydrogens (tertiary/aromatic N) is 2. The van der Waals surface area contributed by atoms with Crippen LogP contribution in [0.4, 0.5) is 5.69 Å². The highest BCUT2D eigenvalue weighted by atomic mass is 79.9. The lowest BCUT2D eigenvalue weighted by molar-refractivity contribution is -0.0698. The molecule has 0 radical (unpaired) electrons. The smallest absolute Gasteiger partial charge is 0.0985 e. The molecule has 2 aromatic rings. The van der Waals surface area contributed by atoms with Crippen molar-refractivity contribution in [3.8, 4) is 0 Å². The molecule has 118 valence electrons. The van der Waals surface area contributed by atoms with E-state index in [4.69, 9.17) is 16.3 Å². The third-order valence-corrected chi connectivity index (χ3v) is 4.65. The fourth-order valence-electron chi connectivity index (χ4n) is 2.78. The molecule has 1 aliphatic heterocycles. The number of ether oxygens (including phenoxy) is 1. The van der Waals surface area contributed by atoms with Crippen molar-refractivity contribution in [2.75, 3.05) is 31.2 Å². The van der Waals surface area contributed by atoms with Crippen LogP contribution < -0.4 is 4.90 Å². The third kappa shape index (κ3) is 2.94. The molecule has 0 amide bonds. The molecule has 2 N–H and O–H groups in total. The summed E-state index contributed by atoms with van der Waals surface area (Å²) < 4.78 is 6.50. The first-order chi connectivity index (χ1) is 10.6. The number of anilines is 1. The van der Waals surface area contributed by atoms with Crippen LogP contribution in [0.1, 0.15) is 0 Å². The van der Waals surface area contributed by atoms with E-state index >= 15 is 0 Å². The normalized spacial score (nSPS) is 22.3. The van der Waals surface area contributed by atoms with E-state index in [-0.39, 0.29) is 25.4 Å². The maximum atomic E-state index is 9.41. The van der Waals surface area contributed by atoms with Crippen molar-refractivity contribution in [2.45, 2.75) is 12.2 Å². The van der Waals surface area contributed by atoms with E-state index in [1.54, 1.807) is 6.20 Å². The first-order valence-corrected chi connectivity index (χ1v) is 8.16. The Labute approximate surface area is 141 Å². The number of hydrogen-bond acceptors (Lipinski definition) is 5. The molecular formula is C15H16BrClN2O3. The average Bonchev–Trinajstić information content (AvgIpc) is 2.54. The van der Waals surface area contributed by atoms with Gasteiger partial charge in [-0.15, -0.1) is 0 Å². The number of aliphatic hydroxyl groups excluding tert-OH is 2. The molecule has 1 aromatic heterocycles. The molecular weight excluding hydrogens is 372 g/mol. The van der Waals surface area contributed by atoms with Crippen molar-refractivity contribution in [1.82, 2.24) is 4.98 Å². The maximum absolute atomic E-state index is 9.41. The Balaban J connectivity index is 2.08. The summed E-state index contributed by atoms with van der Waals surface area (Å²) in [5, 5.41) is 20.3. The molecule has 3 rings (SSSR count). The van der Waals surface area contributed by atoms with Gasteiger partial charge in [0, 0.05) is 29.1 Å². The summed E-state index contributed by atoms with van der Waals surface area (Å²) in [5.41, 5.74) is 1.68. The van der Waals surface area contributed by atoms with E-state index < -0.39 is 0 Å². The van der Waals surface area contributed by atoms with Crippen LogP contribution >= 0.6 is 27.5 Å². The molecule has 2 atom stereocenters. The van der Waals surface area contributed by atoms with E-state index in [2.05, 4.69) is 20.9 Å².